The van der Waals surface area contributed by atoms with Crippen molar-refractivity contribution >= 4 is 0 Å². The summed E-state index contributed by atoms with van der Waals surface area (Å²) in [5.41, 5.74) is 8.39. The number of hydrogen-bond donors (Lipinski definition) is 1. The van der Waals surface area contributed by atoms with Gasteiger partial charge in [-0.25, -0.2) is 0 Å². The molecule has 0 bridgehead atoms. The number of para-hydroxylation sites is 1. The molecule has 0 aromatic heterocycles. The van der Waals surface area contributed by atoms with E-state index < -0.39 is 0 Å². The third kappa shape index (κ3) is 2.90. The molecule has 1 atom stereocenters. The van der Waals surface area contributed by atoms with Crippen LogP contribution in [-0.2, 0) is 6.42 Å². The van der Waals surface area contributed by atoms with E-state index >= 15 is 0 Å². The summed E-state index contributed by atoms with van der Waals surface area (Å²) in [5.74, 6) is 1.27. The average Bonchev–Trinajstić information content (AvgIpc) is 2.46. The van der Waals surface area contributed by atoms with Crippen LogP contribution < -0.4 is 10.5 Å². The molecule has 0 saturated carbocycles. The zero-order chi connectivity index (χ0) is 12.8. The minimum absolute atomic E-state index is 0.336. The van der Waals surface area contributed by atoms with Gasteiger partial charge in [-0.1, -0.05) is 48.5 Å². The Kier molecular flexibility index (Phi) is 4.37. The molecule has 0 heterocycles. The predicted octanol–water partition coefficient (Wildman–Crippen LogP) is 2.98. The lowest BCUT2D eigenvalue weighted by Crippen LogP contribution is -2.15. The fourth-order valence-corrected chi connectivity index (χ4v) is 2.20. The van der Waals surface area contributed by atoms with Gasteiger partial charge in [-0.3, -0.25) is 0 Å². The summed E-state index contributed by atoms with van der Waals surface area (Å²) < 4.78 is 5.39. The first-order valence-electron chi connectivity index (χ1n) is 6.22. The number of benzene rings is 2. The van der Waals surface area contributed by atoms with E-state index in [4.69, 9.17) is 10.5 Å². The van der Waals surface area contributed by atoms with Crippen LogP contribution in [-0.4, -0.2) is 13.7 Å². The molecule has 2 aromatic rings. The second-order valence-electron chi connectivity index (χ2n) is 4.36. The predicted molar refractivity (Wildman–Crippen MR) is 74.9 cm³/mol. The van der Waals surface area contributed by atoms with E-state index in [1.165, 1.54) is 11.1 Å². The summed E-state index contributed by atoms with van der Waals surface area (Å²) >= 11 is 0. The molecule has 2 rings (SSSR count). The van der Waals surface area contributed by atoms with E-state index in [0.717, 1.165) is 12.2 Å². The largest absolute Gasteiger partial charge is 0.496 e. The maximum Gasteiger partial charge on any atom is 0.122 e. The van der Waals surface area contributed by atoms with Crippen LogP contribution in [0, 0.1) is 0 Å². The SMILES string of the molecule is COc1ccccc1CC(CN)c1ccccc1. The lowest BCUT2D eigenvalue weighted by molar-refractivity contribution is 0.408. The first-order valence-corrected chi connectivity index (χ1v) is 6.22. The minimum Gasteiger partial charge on any atom is -0.496 e. The Balaban J connectivity index is 2.21. The molecule has 0 spiro atoms. The molecule has 2 N–H and O–H groups in total. The summed E-state index contributed by atoms with van der Waals surface area (Å²) in [4.78, 5) is 0. The summed E-state index contributed by atoms with van der Waals surface area (Å²) in [6, 6.07) is 18.5. The number of hydrogen-bond acceptors (Lipinski definition) is 2. The molecule has 0 aliphatic carbocycles. The zero-order valence-electron chi connectivity index (χ0n) is 10.7. The summed E-state index contributed by atoms with van der Waals surface area (Å²) in [6.45, 7) is 0.641. The Hall–Kier alpha value is -1.80. The highest BCUT2D eigenvalue weighted by Gasteiger charge is 2.12. The molecule has 94 valence electrons. The van der Waals surface area contributed by atoms with Crippen molar-refractivity contribution in [1.29, 1.82) is 0 Å². The summed E-state index contributed by atoms with van der Waals surface area (Å²) in [5, 5.41) is 0. The van der Waals surface area contributed by atoms with E-state index in [1.54, 1.807) is 7.11 Å². The van der Waals surface area contributed by atoms with E-state index in [0.29, 0.717) is 12.5 Å². The lowest BCUT2D eigenvalue weighted by atomic mass is 9.92. The molecule has 18 heavy (non-hydrogen) atoms. The molecule has 1 unspecified atom stereocenters. The molecular weight excluding hydrogens is 222 g/mol. The highest BCUT2D eigenvalue weighted by Crippen LogP contribution is 2.25. The van der Waals surface area contributed by atoms with Gasteiger partial charge in [0.1, 0.15) is 5.75 Å². The van der Waals surface area contributed by atoms with Gasteiger partial charge in [0.05, 0.1) is 7.11 Å². The fraction of sp³-hybridized carbons (Fsp3) is 0.250. The average molecular weight is 241 g/mol. The molecule has 0 radical (unpaired) electrons. The minimum atomic E-state index is 0.336. The monoisotopic (exact) mass is 241 g/mol. The van der Waals surface area contributed by atoms with Gasteiger partial charge < -0.3 is 10.5 Å². The number of methoxy groups -OCH3 is 1. The molecule has 2 nitrogen and oxygen atoms in total. The molecule has 2 aromatic carbocycles. The van der Waals surface area contributed by atoms with Gasteiger partial charge in [-0.2, -0.15) is 0 Å². The number of ether oxygens (including phenoxy) is 1. The Morgan fingerprint density at radius 3 is 2.33 bits per heavy atom. The summed E-state index contributed by atoms with van der Waals surface area (Å²) in [7, 11) is 1.71. The van der Waals surface area contributed by atoms with E-state index in [2.05, 4.69) is 30.3 Å². The third-order valence-corrected chi connectivity index (χ3v) is 3.21. The maximum atomic E-state index is 5.90. The van der Waals surface area contributed by atoms with Gasteiger partial charge in [-0.15, -0.1) is 0 Å². The second-order valence-corrected chi connectivity index (χ2v) is 4.36. The maximum absolute atomic E-state index is 5.90. The topological polar surface area (TPSA) is 35.2 Å². The van der Waals surface area contributed by atoms with Gasteiger partial charge >= 0.3 is 0 Å². The van der Waals surface area contributed by atoms with Crippen LogP contribution >= 0.6 is 0 Å². The molecule has 0 aliphatic rings. The van der Waals surface area contributed by atoms with Gasteiger partial charge in [-0.05, 0) is 30.2 Å². The Bertz CT molecular complexity index is 481. The molecule has 0 fully saturated rings. The molecule has 2 heteroatoms. The van der Waals surface area contributed by atoms with E-state index in [1.807, 2.05) is 24.3 Å². The highest BCUT2D eigenvalue weighted by atomic mass is 16.5. The van der Waals surface area contributed by atoms with Crippen molar-refractivity contribution in [3.05, 3.63) is 65.7 Å². The van der Waals surface area contributed by atoms with Gasteiger partial charge in [0.25, 0.3) is 0 Å². The van der Waals surface area contributed by atoms with Crippen LogP contribution in [0.4, 0.5) is 0 Å². The van der Waals surface area contributed by atoms with Crippen molar-refractivity contribution in [2.75, 3.05) is 13.7 Å². The second kappa shape index (κ2) is 6.22. The third-order valence-electron chi connectivity index (χ3n) is 3.21. The van der Waals surface area contributed by atoms with Crippen LogP contribution in [0.3, 0.4) is 0 Å². The highest BCUT2D eigenvalue weighted by molar-refractivity contribution is 5.35. The number of rotatable bonds is 5. The first-order chi connectivity index (χ1) is 8.85. The van der Waals surface area contributed by atoms with Crippen molar-refractivity contribution in [1.82, 2.24) is 0 Å². The van der Waals surface area contributed by atoms with Gasteiger partial charge in [0, 0.05) is 5.92 Å². The van der Waals surface area contributed by atoms with Crippen LogP contribution in [0.5, 0.6) is 5.75 Å². The van der Waals surface area contributed by atoms with E-state index in [9.17, 15) is 0 Å². The first kappa shape index (κ1) is 12.7. The van der Waals surface area contributed by atoms with Crippen LogP contribution in [0.1, 0.15) is 17.0 Å². The van der Waals surface area contributed by atoms with Gasteiger partial charge in [0.15, 0.2) is 0 Å². The zero-order valence-corrected chi connectivity index (χ0v) is 10.7. The van der Waals surface area contributed by atoms with Gasteiger partial charge in [0.2, 0.25) is 0 Å². The molecule has 0 aliphatic heterocycles. The Labute approximate surface area is 108 Å². The van der Waals surface area contributed by atoms with Crippen LogP contribution in [0.15, 0.2) is 54.6 Å². The fourth-order valence-electron chi connectivity index (χ4n) is 2.20. The normalized spacial score (nSPS) is 12.1. The molecule has 0 saturated heterocycles. The quantitative estimate of drug-likeness (QED) is 0.873. The Morgan fingerprint density at radius 2 is 1.67 bits per heavy atom. The van der Waals surface area contributed by atoms with Crippen LogP contribution in [0.25, 0.3) is 0 Å². The molecule has 0 amide bonds. The van der Waals surface area contributed by atoms with E-state index in [-0.39, 0.29) is 0 Å². The van der Waals surface area contributed by atoms with Crippen molar-refractivity contribution in [2.45, 2.75) is 12.3 Å². The molecular formula is C16H19NO. The van der Waals surface area contributed by atoms with Crippen molar-refractivity contribution in [3.8, 4) is 5.75 Å². The van der Waals surface area contributed by atoms with Crippen LogP contribution in [0.2, 0.25) is 0 Å². The van der Waals surface area contributed by atoms with Crippen molar-refractivity contribution < 1.29 is 4.74 Å². The van der Waals surface area contributed by atoms with Crippen molar-refractivity contribution in [2.24, 2.45) is 5.73 Å². The standard InChI is InChI=1S/C16H19NO/c1-18-16-10-6-5-9-14(16)11-15(12-17)13-7-3-2-4-8-13/h2-10,15H,11-12,17H2,1H3. The smallest absolute Gasteiger partial charge is 0.122 e. The van der Waals surface area contributed by atoms with Crippen molar-refractivity contribution in [3.63, 3.8) is 0 Å². The lowest BCUT2D eigenvalue weighted by Gasteiger charge is -2.17. The Morgan fingerprint density at radius 1 is 1.00 bits per heavy atom. The number of nitrogens with two attached hydrogens (primary N) is 1. The summed E-state index contributed by atoms with van der Waals surface area (Å²) in [6.07, 6.45) is 0.907.